The average molecular weight is 281 g/mol. The summed E-state index contributed by atoms with van der Waals surface area (Å²) in [7, 11) is -1.87. The first kappa shape index (κ1) is 15.4. The normalized spacial score (nSPS) is 13.4. The second-order valence-corrected chi connectivity index (χ2v) is 6.64. The number of rotatable bonds is 5. The first-order valence-corrected chi connectivity index (χ1v) is 7.77. The fraction of sp³-hybridized carbons (Fsp3) is 0.357. The average Bonchev–Trinajstić information content (AvgIpc) is 2.43. The van der Waals surface area contributed by atoms with Crippen LogP contribution in [0.25, 0.3) is 0 Å². The van der Waals surface area contributed by atoms with Crippen molar-refractivity contribution in [1.82, 2.24) is 0 Å². The van der Waals surface area contributed by atoms with E-state index in [0.717, 1.165) is 0 Å². The van der Waals surface area contributed by atoms with E-state index in [1.54, 1.807) is 50.4 Å². The van der Waals surface area contributed by atoms with Gasteiger partial charge in [0.15, 0.2) is 9.84 Å². The lowest BCUT2D eigenvalue weighted by Crippen LogP contribution is -2.40. The van der Waals surface area contributed by atoms with Crippen molar-refractivity contribution in [2.24, 2.45) is 0 Å². The van der Waals surface area contributed by atoms with Gasteiger partial charge in [-0.15, -0.1) is 0 Å². The van der Waals surface area contributed by atoms with Crippen molar-refractivity contribution >= 4 is 21.4 Å². The lowest BCUT2D eigenvalue weighted by atomic mass is 10.3. The Morgan fingerprint density at radius 3 is 2.42 bits per heavy atom. The van der Waals surface area contributed by atoms with Crippen LogP contribution in [0.3, 0.4) is 0 Å². The number of sulfone groups is 1. The summed E-state index contributed by atoms with van der Waals surface area (Å²) in [6.07, 6.45) is 3.21. The number of amides is 1. The molecule has 1 aromatic rings. The van der Waals surface area contributed by atoms with Gasteiger partial charge in [-0.05, 0) is 26.0 Å². The maximum atomic E-state index is 12.2. The highest BCUT2D eigenvalue weighted by atomic mass is 32.2. The summed E-state index contributed by atoms with van der Waals surface area (Å²) < 4.78 is 23.9. The summed E-state index contributed by atoms with van der Waals surface area (Å²) in [5, 5.41) is -1.05. The molecule has 1 atom stereocenters. The number of para-hydroxylation sites is 1. The predicted molar refractivity (Wildman–Crippen MR) is 77.9 cm³/mol. The fourth-order valence-electron chi connectivity index (χ4n) is 1.58. The highest BCUT2D eigenvalue weighted by molar-refractivity contribution is 7.92. The van der Waals surface area contributed by atoms with Crippen LogP contribution in [0.2, 0.25) is 0 Å². The largest absolute Gasteiger partial charge is 0.314 e. The molecule has 0 unspecified atom stereocenters. The van der Waals surface area contributed by atoms with Gasteiger partial charge < -0.3 is 4.90 Å². The molecule has 0 saturated carbocycles. The van der Waals surface area contributed by atoms with Gasteiger partial charge in [0.25, 0.3) is 0 Å². The molecule has 1 rings (SSSR count). The van der Waals surface area contributed by atoms with E-state index in [1.807, 2.05) is 6.07 Å². The molecule has 0 radical (unpaired) electrons. The molecule has 104 valence electrons. The predicted octanol–water partition coefficient (Wildman–Crippen LogP) is 2.03. The summed E-state index contributed by atoms with van der Waals surface area (Å²) in [6.45, 7) is 3.18. The molecule has 1 amide bonds. The number of carbonyl (C=O) groups is 1. The molecule has 0 aromatic heterocycles. The number of carbonyl (C=O) groups excluding carboxylic acids is 1. The number of benzene rings is 1. The van der Waals surface area contributed by atoms with E-state index in [2.05, 4.69) is 0 Å². The molecule has 0 spiro atoms. The molecule has 4 nitrogen and oxygen atoms in total. The molecular formula is C14H19NO3S. The van der Waals surface area contributed by atoms with E-state index < -0.39 is 21.0 Å². The summed E-state index contributed by atoms with van der Waals surface area (Å²) in [4.78, 5) is 13.5. The molecular weight excluding hydrogens is 262 g/mol. The molecule has 5 heteroatoms. The first-order chi connectivity index (χ1) is 8.90. The third-order valence-corrected chi connectivity index (χ3v) is 4.86. The zero-order chi connectivity index (χ0) is 14.5. The maximum Gasteiger partial charge on any atom is 0.244 e. The number of hydrogen-bond acceptors (Lipinski definition) is 3. The van der Waals surface area contributed by atoms with Crippen molar-refractivity contribution in [3.63, 3.8) is 0 Å². The number of anilines is 1. The Hall–Kier alpha value is -1.62. The summed E-state index contributed by atoms with van der Waals surface area (Å²) in [5.74, 6) is -0.533. The molecule has 0 saturated heterocycles. The second kappa shape index (κ2) is 6.52. The zero-order valence-corrected chi connectivity index (χ0v) is 12.2. The Morgan fingerprint density at radius 1 is 1.32 bits per heavy atom. The molecule has 0 fully saturated rings. The topological polar surface area (TPSA) is 54.5 Å². The van der Waals surface area contributed by atoms with E-state index in [1.165, 1.54) is 11.8 Å². The Kier molecular flexibility index (Phi) is 5.30. The van der Waals surface area contributed by atoms with Gasteiger partial charge in [-0.3, -0.25) is 4.79 Å². The van der Waals surface area contributed by atoms with E-state index in [0.29, 0.717) is 5.69 Å². The highest BCUT2D eigenvalue weighted by Crippen LogP contribution is 2.15. The van der Waals surface area contributed by atoms with Crippen molar-refractivity contribution in [3.05, 3.63) is 42.5 Å². The van der Waals surface area contributed by atoms with Crippen molar-refractivity contribution in [2.75, 3.05) is 17.7 Å². The van der Waals surface area contributed by atoms with Gasteiger partial charge >= 0.3 is 0 Å². The van der Waals surface area contributed by atoms with Crippen LogP contribution in [-0.4, -0.2) is 32.4 Å². The number of nitrogens with zero attached hydrogens (tertiary/aromatic N) is 1. The Labute approximate surface area is 114 Å². The molecule has 0 heterocycles. The fourth-order valence-corrected chi connectivity index (χ4v) is 2.79. The lowest BCUT2D eigenvalue weighted by molar-refractivity contribution is -0.117. The first-order valence-electron chi connectivity index (χ1n) is 6.05. The van der Waals surface area contributed by atoms with Gasteiger partial charge in [-0.25, -0.2) is 8.42 Å². The minimum atomic E-state index is -3.45. The van der Waals surface area contributed by atoms with Crippen LogP contribution in [-0.2, 0) is 14.6 Å². The SMILES string of the molecule is C/C=C\CS(=O)(=O)[C@@H](C)C(=O)N(C)c1ccccc1. The van der Waals surface area contributed by atoms with Crippen LogP contribution in [0, 0.1) is 0 Å². The minimum Gasteiger partial charge on any atom is -0.314 e. The van der Waals surface area contributed by atoms with Gasteiger partial charge in [-0.2, -0.15) is 0 Å². The minimum absolute atomic E-state index is 0.112. The number of allylic oxidation sites excluding steroid dienone is 1. The van der Waals surface area contributed by atoms with Crippen LogP contribution in [0.5, 0.6) is 0 Å². The molecule has 0 N–H and O–H groups in total. The Morgan fingerprint density at radius 2 is 1.89 bits per heavy atom. The van der Waals surface area contributed by atoms with Crippen LogP contribution in [0.4, 0.5) is 5.69 Å². The van der Waals surface area contributed by atoms with Crippen LogP contribution in [0.15, 0.2) is 42.5 Å². The van der Waals surface area contributed by atoms with Gasteiger partial charge in [0, 0.05) is 12.7 Å². The monoisotopic (exact) mass is 281 g/mol. The smallest absolute Gasteiger partial charge is 0.244 e. The third kappa shape index (κ3) is 3.92. The highest BCUT2D eigenvalue weighted by Gasteiger charge is 2.29. The van der Waals surface area contributed by atoms with Gasteiger partial charge in [-0.1, -0.05) is 30.4 Å². The molecule has 0 aliphatic heterocycles. The van der Waals surface area contributed by atoms with Crippen LogP contribution >= 0.6 is 0 Å². The van der Waals surface area contributed by atoms with Crippen molar-refractivity contribution in [2.45, 2.75) is 19.1 Å². The molecule has 19 heavy (non-hydrogen) atoms. The van der Waals surface area contributed by atoms with E-state index in [4.69, 9.17) is 0 Å². The van der Waals surface area contributed by atoms with Crippen molar-refractivity contribution < 1.29 is 13.2 Å². The third-order valence-electron chi connectivity index (χ3n) is 2.92. The van der Waals surface area contributed by atoms with Crippen LogP contribution < -0.4 is 4.90 Å². The Bertz CT molecular complexity index is 549. The van der Waals surface area contributed by atoms with Gasteiger partial charge in [0.2, 0.25) is 5.91 Å². The quantitative estimate of drug-likeness (QED) is 0.776. The van der Waals surface area contributed by atoms with Gasteiger partial charge in [0.1, 0.15) is 5.25 Å². The zero-order valence-electron chi connectivity index (χ0n) is 11.4. The molecule has 1 aromatic carbocycles. The molecule has 0 aliphatic rings. The Balaban J connectivity index is 2.89. The summed E-state index contributed by atoms with van der Waals surface area (Å²) in [6, 6.07) is 8.98. The standard InChI is InChI=1S/C14H19NO3S/c1-4-5-11-19(17,18)12(2)14(16)15(3)13-9-7-6-8-10-13/h4-10,12H,11H2,1-3H3/b5-4-/t12-/m0/s1. The van der Waals surface area contributed by atoms with Gasteiger partial charge in [0.05, 0.1) is 5.75 Å². The lowest BCUT2D eigenvalue weighted by Gasteiger charge is -2.21. The number of hydrogen-bond donors (Lipinski definition) is 0. The molecule has 0 aliphatic carbocycles. The van der Waals surface area contributed by atoms with Crippen molar-refractivity contribution in [3.8, 4) is 0 Å². The second-order valence-electron chi connectivity index (χ2n) is 4.27. The maximum absolute atomic E-state index is 12.2. The summed E-state index contributed by atoms with van der Waals surface area (Å²) in [5.41, 5.74) is 0.681. The van der Waals surface area contributed by atoms with E-state index in [9.17, 15) is 13.2 Å². The van der Waals surface area contributed by atoms with E-state index >= 15 is 0 Å². The van der Waals surface area contributed by atoms with E-state index in [-0.39, 0.29) is 5.75 Å². The van der Waals surface area contributed by atoms with Crippen molar-refractivity contribution in [1.29, 1.82) is 0 Å². The molecule has 0 bridgehead atoms. The summed E-state index contributed by atoms with van der Waals surface area (Å²) >= 11 is 0. The van der Waals surface area contributed by atoms with Crippen LogP contribution in [0.1, 0.15) is 13.8 Å².